The van der Waals surface area contributed by atoms with E-state index in [-0.39, 0.29) is 29.7 Å². The highest BCUT2D eigenvalue weighted by molar-refractivity contribution is 5.95. The van der Waals surface area contributed by atoms with Gasteiger partial charge in [0, 0.05) is 12.6 Å². The maximum atomic E-state index is 13.7. The zero-order valence-electron chi connectivity index (χ0n) is 21.6. The Hall–Kier alpha value is -4.16. The Morgan fingerprint density at radius 2 is 1.74 bits per heavy atom. The summed E-state index contributed by atoms with van der Waals surface area (Å²) in [7, 11) is 1.59. The number of amides is 2. The number of nitrogens with one attached hydrogen (secondary N) is 2. The Morgan fingerprint density at radius 3 is 2.36 bits per heavy atom. The zero-order valence-corrected chi connectivity index (χ0v) is 21.6. The number of nitrogens with zero attached hydrogens (tertiary/aromatic N) is 1. The van der Waals surface area contributed by atoms with E-state index in [0.717, 1.165) is 42.6 Å². The summed E-state index contributed by atoms with van der Waals surface area (Å²) >= 11 is 0. The molecule has 0 spiro atoms. The average Bonchev–Trinajstić information content (AvgIpc) is 2.96. The van der Waals surface area contributed by atoms with Crippen molar-refractivity contribution in [3.63, 3.8) is 0 Å². The summed E-state index contributed by atoms with van der Waals surface area (Å²) in [5.41, 5.74) is 6.96. The van der Waals surface area contributed by atoms with Gasteiger partial charge in [0.1, 0.15) is 0 Å². The maximum absolute atomic E-state index is 13.7. The summed E-state index contributed by atoms with van der Waals surface area (Å²) in [6.07, 6.45) is -2.01. The molecule has 3 aromatic rings. The van der Waals surface area contributed by atoms with Crippen LogP contribution in [0.15, 0.2) is 66.7 Å². The number of carbonyl (C=O) groups excluding carboxylic acids is 2. The van der Waals surface area contributed by atoms with E-state index < -0.39 is 11.7 Å². The lowest BCUT2D eigenvalue weighted by Gasteiger charge is -2.32. The van der Waals surface area contributed by atoms with E-state index in [2.05, 4.69) is 16.4 Å². The first-order valence-electron chi connectivity index (χ1n) is 12.6. The Labute approximate surface area is 226 Å². The standard InChI is InChI=1S/C29H28F3N3O.CH3NO/c1-34-28(36)24-7-3-6-22(16-24)21-5-2-4-19(14-21)15-26(20-10-12-35-13-11-20)23-8-9-25(18-33)27(17-23)29(30,31)32;2-1-3/h2-9,14,16-17,20,26,35H,10-13,15H2,1H3,(H,34,36);1H,(H2,2,3). The number of alkyl halides is 3. The van der Waals surface area contributed by atoms with Crippen LogP contribution in [0, 0.1) is 17.2 Å². The van der Waals surface area contributed by atoms with Crippen molar-refractivity contribution >= 4 is 12.3 Å². The van der Waals surface area contributed by atoms with Crippen LogP contribution in [-0.2, 0) is 17.4 Å². The van der Waals surface area contributed by atoms with Crippen molar-refractivity contribution in [2.45, 2.75) is 31.4 Å². The molecule has 4 N–H and O–H groups in total. The summed E-state index contributed by atoms with van der Waals surface area (Å²) < 4.78 is 41.1. The van der Waals surface area contributed by atoms with Gasteiger partial charge in [0.05, 0.1) is 17.2 Å². The molecule has 1 saturated heterocycles. The molecule has 1 heterocycles. The van der Waals surface area contributed by atoms with Crippen LogP contribution in [0.2, 0.25) is 0 Å². The van der Waals surface area contributed by atoms with Crippen LogP contribution in [0.25, 0.3) is 11.1 Å². The molecule has 0 aromatic heterocycles. The summed E-state index contributed by atoms with van der Waals surface area (Å²) in [5.74, 6) is -0.0610. The van der Waals surface area contributed by atoms with E-state index in [9.17, 15) is 23.2 Å². The summed E-state index contributed by atoms with van der Waals surface area (Å²) in [4.78, 5) is 20.7. The summed E-state index contributed by atoms with van der Waals surface area (Å²) in [5, 5.41) is 15.2. The minimum absolute atomic E-state index is 0.117. The highest BCUT2D eigenvalue weighted by Crippen LogP contribution is 2.39. The lowest BCUT2D eigenvalue weighted by molar-refractivity contribution is -0.137. The second-order valence-corrected chi connectivity index (χ2v) is 9.31. The minimum Gasteiger partial charge on any atom is -0.372 e. The van der Waals surface area contributed by atoms with Crippen LogP contribution in [-0.4, -0.2) is 32.5 Å². The minimum atomic E-state index is -4.59. The van der Waals surface area contributed by atoms with Gasteiger partial charge < -0.3 is 16.4 Å². The molecule has 0 saturated carbocycles. The number of carbonyl (C=O) groups is 2. The fraction of sp³-hybridized carbons (Fsp3) is 0.300. The topological polar surface area (TPSA) is 108 Å². The van der Waals surface area contributed by atoms with Crippen molar-refractivity contribution in [2.75, 3.05) is 20.1 Å². The predicted molar refractivity (Wildman–Crippen MR) is 144 cm³/mol. The molecule has 0 bridgehead atoms. The number of benzene rings is 3. The fourth-order valence-corrected chi connectivity index (χ4v) is 5.04. The maximum Gasteiger partial charge on any atom is 0.417 e. The Morgan fingerprint density at radius 1 is 1.10 bits per heavy atom. The van der Waals surface area contributed by atoms with E-state index in [4.69, 9.17) is 4.79 Å². The number of halogens is 3. The van der Waals surface area contributed by atoms with Gasteiger partial charge in [-0.15, -0.1) is 0 Å². The van der Waals surface area contributed by atoms with Crippen molar-refractivity contribution in [3.05, 3.63) is 94.5 Å². The van der Waals surface area contributed by atoms with Gasteiger partial charge >= 0.3 is 6.18 Å². The Kier molecular flexibility index (Phi) is 10.2. The first kappa shape index (κ1) is 29.4. The molecule has 39 heavy (non-hydrogen) atoms. The zero-order chi connectivity index (χ0) is 28.4. The van der Waals surface area contributed by atoms with Gasteiger partial charge in [-0.05, 0) is 90.7 Å². The normalized spacial score (nSPS) is 14.3. The molecular weight excluding hydrogens is 505 g/mol. The molecule has 1 unspecified atom stereocenters. The third kappa shape index (κ3) is 7.68. The number of primary amides is 1. The molecule has 0 radical (unpaired) electrons. The van der Waals surface area contributed by atoms with Crippen LogP contribution in [0.5, 0.6) is 0 Å². The number of nitrogens with two attached hydrogens (primary N) is 1. The predicted octanol–water partition coefficient (Wildman–Crippen LogP) is 5.03. The van der Waals surface area contributed by atoms with E-state index in [0.29, 0.717) is 17.5 Å². The molecule has 204 valence electrons. The number of hydrogen-bond donors (Lipinski definition) is 3. The van der Waals surface area contributed by atoms with Gasteiger partial charge in [0.2, 0.25) is 6.41 Å². The number of piperidine rings is 1. The summed E-state index contributed by atoms with van der Waals surface area (Å²) in [6.45, 7) is 1.66. The molecule has 1 atom stereocenters. The SMILES string of the molecule is CNC(=O)c1cccc(-c2cccc(CC(c3ccc(C#N)c(C(F)(F)F)c3)C3CCNCC3)c2)c1.NC=O. The number of nitriles is 1. The molecule has 1 fully saturated rings. The largest absolute Gasteiger partial charge is 0.417 e. The fourth-order valence-electron chi connectivity index (χ4n) is 5.04. The lowest BCUT2D eigenvalue weighted by Crippen LogP contribution is -2.31. The Bertz CT molecular complexity index is 1330. The molecule has 4 rings (SSSR count). The van der Waals surface area contributed by atoms with Crippen LogP contribution < -0.4 is 16.4 Å². The molecule has 1 aliphatic rings. The molecule has 0 aliphatic carbocycles. The molecular formula is C30H31F3N4O2. The van der Waals surface area contributed by atoms with Crippen LogP contribution in [0.4, 0.5) is 13.2 Å². The highest BCUT2D eigenvalue weighted by Gasteiger charge is 2.35. The van der Waals surface area contributed by atoms with E-state index in [1.807, 2.05) is 42.5 Å². The molecule has 6 nitrogen and oxygen atoms in total. The lowest BCUT2D eigenvalue weighted by atomic mass is 9.76. The third-order valence-electron chi connectivity index (χ3n) is 6.92. The van der Waals surface area contributed by atoms with Gasteiger partial charge in [0.15, 0.2) is 0 Å². The summed E-state index contributed by atoms with van der Waals surface area (Å²) in [6, 6.07) is 21.1. The van der Waals surface area contributed by atoms with E-state index in [1.54, 1.807) is 25.2 Å². The van der Waals surface area contributed by atoms with Crippen molar-refractivity contribution < 1.29 is 22.8 Å². The second kappa shape index (κ2) is 13.6. The smallest absolute Gasteiger partial charge is 0.372 e. The van der Waals surface area contributed by atoms with Crippen molar-refractivity contribution in [1.29, 1.82) is 5.26 Å². The van der Waals surface area contributed by atoms with Crippen LogP contribution in [0.1, 0.15) is 51.4 Å². The van der Waals surface area contributed by atoms with Crippen LogP contribution in [0.3, 0.4) is 0 Å². The molecule has 2 amide bonds. The van der Waals surface area contributed by atoms with E-state index in [1.165, 1.54) is 12.1 Å². The quantitative estimate of drug-likeness (QED) is 0.384. The average molecular weight is 537 g/mol. The molecule has 1 aliphatic heterocycles. The number of hydrogen-bond acceptors (Lipinski definition) is 4. The van der Waals surface area contributed by atoms with Gasteiger partial charge in [-0.1, -0.05) is 42.5 Å². The Balaban J connectivity index is 0.00000134. The van der Waals surface area contributed by atoms with E-state index >= 15 is 0 Å². The monoisotopic (exact) mass is 536 g/mol. The molecule has 3 aromatic carbocycles. The van der Waals surface area contributed by atoms with Crippen molar-refractivity contribution in [2.24, 2.45) is 11.7 Å². The first-order chi connectivity index (χ1) is 18.7. The second-order valence-electron chi connectivity index (χ2n) is 9.31. The van der Waals surface area contributed by atoms with Gasteiger partial charge in [-0.3, -0.25) is 9.59 Å². The third-order valence-corrected chi connectivity index (χ3v) is 6.92. The molecule has 9 heteroatoms. The highest BCUT2D eigenvalue weighted by atomic mass is 19.4. The van der Waals surface area contributed by atoms with Crippen molar-refractivity contribution in [3.8, 4) is 17.2 Å². The van der Waals surface area contributed by atoms with Gasteiger partial charge in [0.25, 0.3) is 5.91 Å². The number of rotatable bonds is 6. The first-order valence-corrected chi connectivity index (χ1v) is 12.6. The van der Waals surface area contributed by atoms with Crippen molar-refractivity contribution in [1.82, 2.24) is 10.6 Å². The van der Waals surface area contributed by atoms with Gasteiger partial charge in [-0.2, -0.15) is 18.4 Å². The van der Waals surface area contributed by atoms with Crippen LogP contribution >= 0.6 is 0 Å². The van der Waals surface area contributed by atoms with Gasteiger partial charge in [-0.25, -0.2) is 0 Å².